The van der Waals surface area contributed by atoms with E-state index in [2.05, 4.69) is 10.3 Å². The Kier molecular flexibility index (Phi) is 5.61. The van der Waals surface area contributed by atoms with Crippen molar-refractivity contribution in [2.24, 2.45) is 0 Å². The number of aromatic nitrogens is 2. The lowest BCUT2D eigenvalue weighted by Gasteiger charge is -2.12. The van der Waals surface area contributed by atoms with Gasteiger partial charge in [-0.15, -0.1) is 11.3 Å². The number of anilines is 1. The summed E-state index contributed by atoms with van der Waals surface area (Å²) >= 11 is 1.42. The molecule has 0 aliphatic carbocycles. The van der Waals surface area contributed by atoms with Gasteiger partial charge in [-0.3, -0.25) is 14.2 Å². The van der Waals surface area contributed by atoms with Gasteiger partial charge in [-0.2, -0.15) is 0 Å². The Labute approximate surface area is 184 Å². The fourth-order valence-electron chi connectivity index (χ4n) is 3.50. The maximum atomic E-state index is 13.4. The Morgan fingerprint density at radius 3 is 2.58 bits per heavy atom. The van der Waals surface area contributed by atoms with Gasteiger partial charge in [-0.05, 0) is 55.7 Å². The molecule has 0 atom stereocenters. The summed E-state index contributed by atoms with van der Waals surface area (Å²) in [5.74, 6) is 0.996. The van der Waals surface area contributed by atoms with Crippen molar-refractivity contribution in [3.05, 3.63) is 75.1 Å². The number of benzene rings is 2. The minimum Gasteiger partial charge on any atom is -0.497 e. The van der Waals surface area contributed by atoms with E-state index < -0.39 is 0 Å². The van der Waals surface area contributed by atoms with Crippen LogP contribution in [0.15, 0.2) is 52.6 Å². The number of methoxy groups -OCH3 is 1. The second-order valence-corrected chi connectivity index (χ2v) is 8.33. The van der Waals surface area contributed by atoms with E-state index in [1.54, 1.807) is 14.0 Å². The number of amides is 1. The lowest BCUT2D eigenvalue weighted by Crippen LogP contribution is -2.30. The summed E-state index contributed by atoms with van der Waals surface area (Å²) in [6.45, 7) is 5.56. The van der Waals surface area contributed by atoms with Gasteiger partial charge in [0, 0.05) is 16.6 Å². The molecule has 2 heterocycles. The van der Waals surface area contributed by atoms with Crippen LogP contribution >= 0.6 is 11.3 Å². The number of nitrogens with zero attached hydrogens (tertiary/aromatic N) is 2. The van der Waals surface area contributed by atoms with Crippen molar-refractivity contribution < 1.29 is 9.53 Å². The number of fused-ring (bicyclic) bond motifs is 1. The van der Waals surface area contributed by atoms with Gasteiger partial charge >= 0.3 is 0 Å². The molecular formula is C24H23N3O3S. The third-order valence-electron chi connectivity index (χ3n) is 5.25. The SMILES string of the molecule is COc1ccc(-c2csc3nc(C)n(CC(=O)Nc4cc(C)ccc4C)c(=O)c23)cc1. The van der Waals surface area contributed by atoms with E-state index in [-0.39, 0.29) is 18.0 Å². The first-order chi connectivity index (χ1) is 14.9. The molecule has 0 spiro atoms. The average Bonchev–Trinajstić information content (AvgIpc) is 3.17. The molecule has 0 fully saturated rings. The lowest BCUT2D eigenvalue weighted by atomic mass is 10.1. The molecule has 2 aromatic heterocycles. The normalized spacial score (nSPS) is 11.0. The molecule has 1 N–H and O–H groups in total. The van der Waals surface area contributed by atoms with E-state index in [1.165, 1.54) is 15.9 Å². The largest absolute Gasteiger partial charge is 0.497 e. The number of carbonyl (C=O) groups is 1. The Bertz CT molecular complexity index is 1340. The fraction of sp³-hybridized carbons (Fsp3) is 0.208. The Balaban J connectivity index is 1.70. The summed E-state index contributed by atoms with van der Waals surface area (Å²) in [5, 5.41) is 5.38. The molecule has 0 saturated carbocycles. The molecule has 31 heavy (non-hydrogen) atoms. The van der Waals surface area contributed by atoms with Crippen LogP contribution in [-0.4, -0.2) is 22.6 Å². The van der Waals surface area contributed by atoms with Gasteiger partial charge < -0.3 is 10.1 Å². The molecule has 0 bridgehead atoms. The van der Waals surface area contributed by atoms with Crippen LogP contribution in [0.5, 0.6) is 5.75 Å². The fourth-order valence-corrected chi connectivity index (χ4v) is 4.48. The van der Waals surface area contributed by atoms with Gasteiger partial charge in [0.05, 0.1) is 12.5 Å². The highest BCUT2D eigenvalue weighted by Crippen LogP contribution is 2.32. The summed E-state index contributed by atoms with van der Waals surface area (Å²) in [5.41, 5.74) is 4.27. The Morgan fingerprint density at radius 2 is 1.87 bits per heavy atom. The van der Waals surface area contributed by atoms with Crippen LogP contribution in [0.25, 0.3) is 21.3 Å². The number of carbonyl (C=O) groups excluding carboxylic acids is 1. The predicted molar refractivity (Wildman–Crippen MR) is 125 cm³/mol. The molecule has 4 aromatic rings. The highest BCUT2D eigenvalue weighted by molar-refractivity contribution is 7.17. The van der Waals surface area contributed by atoms with Crippen molar-refractivity contribution >= 4 is 33.1 Å². The maximum absolute atomic E-state index is 13.4. The molecular weight excluding hydrogens is 410 g/mol. The van der Waals surface area contributed by atoms with Gasteiger partial charge in [-0.1, -0.05) is 24.3 Å². The molecule has 6 nitrogen and oxygen atoms in total. The van der Waals surface area contributed by atoms with Crippen LogP contribution in [0.1, 0.15) is 17.0 Å². The quantitative estimate of drug-likeness (QED) is 0.495. The third-order valence-corrected chi connectivity index (χ3v) is 6.13. The predicted octanol–water partition coefficient (Wildman–Crippen LogP) is 4.70. The van der Waals surface area contributed by atoms with E-state index in [0.29, 0.717) is 16.0 Å². The summed E-state index contributed by atoms with van der Waals surface area (Å²) in [4.78, 5) is 31.4. The number of nitrogens with one attached hydrogen (secondary N) is 1. The van der Waals surface area contributed by atoms with Crippen molar-refractivity contribution in [1.82, 2.24) is 9.55 Å². The molecule has 7 heteroatoms. The first-order valence-corrected chi connectivity index (χ1v) is 10.8. The lowest BCUT2D eigenvalue weighted by molar-refractivity contribution is -0.116. The van der Waals surface area contributed by atoms with Crippen LogP contribution in [0.3, 0.4) is 0 Å². The minimum atomic E-state index is -0.263. The van der Waals surface area contributed by atoms with Crippen LogP contribution in [0, 0.1) is 20.8 Å². The molecule has 1 amide bonds. The average molecular weight is 434 g/mol. The smallest absolute Gasteiger partial charge is 0.263 e. The summed E-state index contributed by atoms with van der Waals surface area (Å²) < 4.78 is 6.65. The van der Waals surface area contributed by atoms with Crippen LogP contribution < -0.4 is 15.6 Å². The molecule has 0 aliphatic heterocycles. The van der Waals surface area contributed by atoms with Crippen molar-refractivity contribution in [3.63, 3.8) is 0 Å². The molecule has 0 aliphatic rings. The monoisotopic (exact) mass is 433 g/mol. The van der Waals surface area contributed by atoms with Gasteiger partial charge in [0.1, 0.15) is 22.9 Å². The number of hydrogen-bond acceptors (Lipinski definition) is 5. The van der Waals surface area contributed by atoms with Crippen molar-refractivity contribution in [3.8, 4) is 16.9 Å². The van der Waals surface area contributed by atoms with E-state index in [4.69, 9.17) is 4.74 Å². The first kappa shape index (κ1) is 20.8. The number of aryl methyl sites for hydroxylation is 3. The van der Waals surface area contributed by atoms with Crippen molar-refractivity contribution in [2.45, 2.75) is 27.3 Å². The zero-order valence-corrected chi connectivity index (χ0v) is 18.7. The number of hydrogen-bond donors (Lipinski definition) is 1. The first-order valence-electron chi connectivity index (χ1n) is 9.87. The van der Waals surface area contributed by atoms with E-state index >= 15 is 0 Å². The van der Waals surface area contributed by atoms with E-state index in [0.717, 1.165) is 33.7 Å². The Hall–Kier alpha value is -3.45. The maximum Gasteiger partial charge on any atom is 0.263 e. The van der Waals surface area contributed by atoms with Crippen LogP contribution in [-0.2, 0) is 11.3 Å². The van der Waals surface area contributed by atoms with Crippen molar-refractivity contribution in [1.29, 1.82) is 0 Å². The van der Waals surface area contributed by atoms with E-state index in [9.17, 15) is 9.59 Å². The second-order valence-electron chi connectivity index (χ2n) is 7.47. The molecule has 0 radical (unpaired) electrons. The zero-order valence-electron chi connectivity index (χ0n) is 17.9. The van der Waals surface area contributed by atoms with Gasteiger partial charge in [0.15, 0.2) is 0 Å². The summed E-state index contributed by atoms with van der Waals surface area (Å²) in [7, 11) is 1.61. The van der Waals surface area contributed by atoms with Gasteiger partial charge in [0.25, 0.3) is 5.56 Å². The highest BCUT2D eigenvalue weighted by atomic mass is 32.1. The topological polar surface area (TPSA) is 73.2 Å². The second kappa shape index (κ2) is 8.35. The molecule has 158 valence electrons. The minimum absolute atomic E-state index is 0.0983. The molecule has 4 rings (SSSR count). The molecule has 0 unspecified atom stereocenters. The molecule has 2 aromatic carbocycles. The Morgan fingerprint density at radius 1 is 1.13 bits per heavy atom. The number of rotatable bonds is 5. The van der Waals surface area contributed by atoms with Crippen LogP contribution in [0.4, 0.5) is 5.69 Å². The van der Waals surface area contributed by atoms with Crippen molar-refractivity contribution in [2.75, 3.05) is 12.4 Å². The van der Waals surface area contributed by atoms with E-state index in [1.807, 2.05) is 61.7 Å². The number of ether oxygens (including phenoxy) is 1. The standard InChI is InChI=1S/C24H23N3O3S/c1-14-5-6-15(2)20(11-14)26-21(28)12-27-16(3)25-23-22(24(27)29)19(13-31-23)17-7-9-18(30-4)10-8-17/h5-11,13H,12H2,1-4H3,(H,26,28). The zero-order chi connectivity index (χ0) is 22.1. The molecule has 0 saturated heterocycles. The van der Waals surface area contributed by atoms with Gasteiger partial charge in [-0.25, -0.2) is 4.98 Å². The third kappa shape index (κ3) is 4.09. The van der Waals surface area contributed by atoms with Gasteiger partial charge in [0.2, 0.25) is 5.91 Å². The summed E-state index contributed by atoms with van der Waals surface area (Å²) in [6.07, 6.45) is 0. The van der Waals surface area contributed by atoms with Crippen LogP contribution in [0.2, 0.25) is 0 Å². The number of thiophene rings is 1. The summed E-state index contributed by atoms with van der Waals surface area (Å²) in [6, 6.07) is 13.4. The highest BCUT2D eigenvalue weighted by Gasteiger charge is 2.17.